The second-order valence-electron chi connectivity index (χ2n) is 13.5. The molecular formula is C44H37N4OPt-3. The third kappa shape index (κ3) is 6.12. The van der Waals surface area contributed by atoms with Crippen molar-refractivity contribution in [2.45, 2.75) is 40.0 Å². The average Bonchev–Trinajstić information content (AvgIpc) is 3.61. The molecular weight excluding hydrogens is 796 g/mol. The van der Waals surface area contributed by atoms with Crippen LogP contribution in [0.2, 0.25) is 0 Å². The van der Waals surface area contributed by atoms with Gasteiger partial charge in [-0.3, -0.25) is 0 Å². The first kappa shape index (κ1) is 33.4. The van der Waals surface area contributed by atoms with Gasteiger partial charge in [0.2, 0.25) is 0 Å². The van der Waals surface area contributed by atoms with Crippen LogP contribution < -0.4 is 14.5 Å². The number of pyridine rings is 1. The smallest absolute Gasteiger partial charge is 0.135 e. The van der Waals surface area contributed by atoms with Crippen LogP contribution in [0.25, 0.3) is 38.8 Å². The summed E-state index contributed by atoms with van der Waals surface area (Å²) in [6.45, 7) is 13.1. The van der Waals surface area contributed by atoms with Gasteiger partial charge in [-0.2, -0.15) is 12.1 Å². The van der Waals surface area contributed by atoms with E-state index in [1.165, 1.54) is 16.7 Å². The summed E-state index contributed by atoms with van der Waals surface area (Å²) >= 11 is 0. The number of anilines is 2. The number of rotatable bonds is 6. The molecule has 5 aromatic carbocycles. The number of nitrogens with zero attached hydrogens (tertiary/aromatic N) is 4. The summed E-state index contributed by atoms with van der Waals surface area (Å²) in [6.07, 6.45) is 1.89. The SMILES string of the molecule is CC1=C(C)N(c2ccc(-c3ccccc3)cc2)[CH-]N1c1[c-]c(Oc2[c-]c3c(cc2)c2ccccc2n3-c2cc(C(C)(C)C)ccn2)ccc1.[Pt]. The van der Waals surface area contributed by atoms with Crippen molar-refractivity contribution in [1.82, 2.24) is 9.55 Å². The van der Waals surface area contributed by atoms with Crippen molar-refractivity contribution < 1.29 is 25.8 Å². The standard InChI is InChI=1S/C44H37N4O.Pt/c1-30-31(2)47(29-46(30)35-20-18-33(19-21-35)32-12-7-6-8-13-32)36-14-11-15-37(27-36)49-38-22-23-40-39-16-9-10-17-41(39)48(42(40)28-38)43-26-34(24-25-45-43)44(3,4)5;/h6-26,29H,1-5H3;/q-3;. The predicted molar refractivity (Wildman–Crippen MR) is 201 cm³/mol. The van der Waals surface area contributed by atoms with Gasteiger partial charge in [-0.25, -0.2) is 4.98 Å². The summed E-state index contributed by atoms with van der Waals surface area (Å²) in [6, 6.07) is 49.0. The van der Waals surface area contributed by atoms with E-state index in [9.17, 15) is 0 Å². The molecule has 0 saturated heterocycles. The molecule has 8 rings (SSSR count). The maximum absolute atomic E-state index is 6.47. The van der Waals surface area contributed by atoms with Gasteiger partial charge in [-0.15, -0.1) is 48.1 Å². The molecule has 0 spiro atoms. The van der Waals surface area contributed by atoms with Gasteiger partial charge in [-0.1, -0.05) is 87.0 Å². The molecule has 0 unspecified atom stereocenters. The number of hydrogen-bond donors (Lipinski definition) is 0. The van der Waals surface area contributed by atoms with E-state index >= 15 is 0 Å². The van der Waals surface area contributed by atoms with E-state index in [-0.39, 0.29) is 26.5 Å². The number of hydrogen-bond acceptors (Lipinski definition) is 4. The van der Waals surface area contributed by atoms with Crippen molar-refractivity contribution in [3.05, 3.63) is 163 Å². The second-order valence-corrected chi connectivity index (χ2v) is 13.5. The Morgan fingerprint density at radius 2 is 1.36 bits per heavy atom. The summed E-state index contributed by atoms with van der Waals surface area (Å²) in [5, 5.41) is 2.25. The predicted octanol–water partition coefficient (Wildman–Crippen LogP) is 11.2. The van der Waals surface area contributed by atoms with Crippen LogP contribution in [-0.4, -0.2) is 9.55 Å². The van der Waals surface area contributed by atoms with Gasteiger partial charge in [0.05, 0.1) is 0 Å². The van der Waals surface area contributed by atoms with Gasteiger partial charge in [0.15, 0.2) is 0 Å². The van der Waals surface area contributed by atoms with Crippen LogP contribution in [0.15, 0.2) is 139 Å². The Balaban J connectivity index is 0.00000392. The van der Waals surface area contributed by atoms with Crippen LogP contribution >= 0.6 is 0 Å². The van der Waals surface area contributed by atoms with Crippen LogP contribution in [-0.2, 0) is 26.5 Å². The maximum atomic E-state index is 6.47. The van der Waals surface area contributed by atoms with Crippen molar-refractivity contribution in [2.75, 3.05) is 9.80 Å². The molecule has 0 bridgehead atoms. The number of fused-ring (bicyclic) bond motifs is 3. The quantitative estimate of drug-likeness (QED) is 0.156. The molecule has 0 fully saturated rings. The van der Waals surface area contributed by atoms with Crippen LogP contribution in [0.1, 0.15) is 40.2 Å². The Morgan fingerprint density at radius 1 is 0.660 bits per heavy atom. The molecule has 1 aliphatic rings. The second kappa shape index (κ2) is 13.3. The van der Waals surface area contributed by atoms with Gasteiger partial charge < -0.3 is 19.1 Å². The number of allylic oxidation sites excluding steroid dienone is 2. The average molecular weight is 833 g/mol. The molecule has 0 atom stereocenters. The number of aromatic nitrogens is 2. The zero-order valence-corrected chi connectivity index (χ0v) is 31.0. The Hall–Kier alpha value is -5.12. The number of ether oxygens (including phenoxy) is 1. The van der Waals surface area contributed by atoms with Crippen LogP contribution in [0.3, 0.4) is 0 Å². The van der Waals surface area contributed by atoms with Crippen molar-refractivity contribution in [3.63, 3.8) is 0 Å². The first-order valence-corrected chi connectivity index (χ1v) is 16.6. The van der Waals surface area contributed by atoms with Crippen molar-refractivity contribution >= 4 is 33.2 Å². The Bertz CT molecular complexity index is 2350. The van der Waals surface area contributed by atoms with Gasteiger partial charge in [0, 0.05) is 61.4 Å². The minimum atomic E-state index is -0.00182. The fourth-order valence-corrected chi connectivity index (χ4v) is 6.52. The van der Waals surface area contributed by atoms with Crippen LogP contribution in [0.4, 0.5) is 11.4 Å². The normalized spacial score (nSPS) is 13.3. The van der Waals surface area contributed by atoms with Gasteiger partial charge >= 0.3 is 0 Å². The van der Waals surface area contributed by atoms with Crippen LogP contribution in [0.5, 0.6) is 11.5 Å². The molecule has 252 valence electrons. The monoisotopic (exact) mass is 832 g/mol. The Morgan fingerprint density at radius 3 is 2.14 bits per heavy atom. The maximum Gasteiger partial charge on any atom is 0.135 e. The zero-order chi connectivity index (χ0) is 33.7. The van der Waals surface area contributed by atoms with E-state index in [1.807, 2.05) is 30.5 Å². The van der Waals surface area contributed by atoms with Crippen molar-refractivity contribution in [2.24, 2.45) is 0 Å². The molecule has 1 aliphatic heterocycles. The van der Waals surface area contributed by atoms with Gasteiger partial charge in [0.1, 0.15) is 5.82 Å². The van der Waals surface area contributed by atoms with E-state index in [1.54, 1.807) is 0 Å². The summed E-state index contributed by atoms with van der Waals surface area (Å²) in [7, 11) is 0. The molecule has 0 saturated carbocycles. The van der Waals surface area contributed by atoms with E-state index in [4.69, 9.17) is 9.72 Å². The molecule has 0 amide bonds. The summed E-state index contributed by atoms with van der Waals surface area (Å²) in [5.74, 6) is 2.10. The molecule has 5 nitrogen and oxygen atoms in total. The van der Waals surface area contributed by atoms with E-state index in [2.05, 4.69) is 165 Å². The molecule has 2 aromatic heterocycles. The summed E-state index contributed by atoms with van der Waals surface area (Å²) in [5.41, 5.74) is 9.92. The number of benzene rings is 5. The largest absolute Gasteiger partial charge is 0.509 e. The molecule has 3 heterocycles. The van der Waals surface area contributed by atoms with Crippen molar-refractivity contribution in [1.29, 1.82) is 0 Å². The fraction of sp³-hybridized carbons (Fsp3) is 0.136. The molecule has 50 heavy (non-hydrogen) atoms. The van der Waals surface area contributed by atoms with E-state index < -0.39 is 0 Å². The fourth-order valence-electron chi connectivity index (χ4n) is 6.52. The van der Waals surface area contributed by atoms with E-state index in [0.717, 1.165) is 50.4 Å². The summed E-state index contributed by atoms with van der Waals surface area (Å²) < 4.78 is 8.65. The minimum Gasteiger partial charge on any atom is -0.509 e. The topological polar surface area (TPSA) is 33.5 Å². The summed E-state index contributed by atoms with van der Waals surface area (Å²) in [4.78, 5) is 9.18. The zero-order valence-electron chi connectivity index (χ0n) is 28.7. The number of para-hydroxylation sites is 1. The first-order valence-electron chi connectivity index (χ1n) is 16.6. The minimum absolute atomic E-state index is 0. The molecule has 6 heteroatoms. The van der Waals surface area contributed by atoms with Crippen LogP contribution in [0, 0.1) is 18.8 Å². The van der Waals surface area contributed by atoms with Gasteiger partial charge in [-0.05, 0) is 71.7 Å². The third-order valence-electron chi connectivity index (χ3n) is 9.36. The Labute approximate surface area is 308 Å². The first-order chi connectivity index (χ1) is 23.7. The molecule has 7 aromatic rings. The van der Waals surface area contributed by atoms with Gasteiger partial charge in [0.25, 0.3) is 0 Å². The third-order valence-corrected chi connectivity index (χ3v) is 9.36. The molecule has 0 aliphatic carbocycles. The molecule has 0 N–H and O–H groups in total. The Kier molecular flexibility index (Phi) is 8.88. The van der Waals surface area contributed by atoms with E-state index in [0.29, 0.717) is 11.5 Å². The molecule has 0 radical (unpaired) electrons. The van der Waals surface area contributed by atoms with Crippen molar-refractivity contribution in [3.8, 4) is 28.4 Å².